The maximum atomic E-state index is 11.9. The molecule has 0 aliphatic carbocycles. The number of alkyl halides is 3. The molecule has 1 fully saturated rings. The van der Waals surface area contributed by atoms with E-state index >= 15 is 0 Å². The van der Waals surface area contributed by atoms with Crippen molar-refractivity contribution >= 4 is 5.91 Å². The number of aromatic nitrogens is 2. The number of amides is 1. The summed E-state index contributed by atoms with van der Waals surface area (Å²) in [6, 6.07) is -0.123. The van der Waals surface area contributed by atoms with Crippen LogP contribution in [0.4, 0.5) is 13.2 Å². The van der Waals surface area contributed by atoms with E-state index in [0.29, 0.717) is 0 Å². The molecular formula is C9H11F3N4O2. The number of carbonyl (C=O) groups is 1. The summed E-state index contributed by atoms with van der Waals surface area (Å²) in [7, 11) is 0. The Morgan fingerprint density at radius 2 is 2.33 bits per heavy atom. The van der Waals surface area contributed by atoms with Crippen molar-refractivity contribution in [3.8, 4) is 0 Å². The number of carbonyl (C=O) groups excluding carboxylic acids is 1. The van der Waals surface area contributed by atoms with E-state index in [1.165, 1.54) is 0 Å². The molecule has 1 amide bonds. The zero-order valence-electron chi connectivity index (χ0n) is 9.25. The van der Waals surface area contributed by atoms with Gasteiger partial charge in [-0.15, -0.1) is 0 Å². The molecule has 1 saturated heterocycles. The molecule has 0 spiro atoms. The number of nitrogens with zero attached hydrogens (tertiary/aromatic N) is 2. The first kappa shape index (κ1) is 12.8. The minimum Gasteiger partial charge on any atom is -0.340 e. The Labute approximate surface area is 99.9 Å². The Morgan fingerprint density at radius 3 is 2.94 bits per heavy atom. The average molecular weight is 264 g/mol. The topological polar surface area (TPSA) is 80.0 Å². The van der Waals surface area contributed by atoms with Crippen molar-refractivity contribution < 1.29 is 22.5 Å². The smallest absolute Gasteiger partial charge is 0.340 e. The highest BCUT2D eigenvalue weighted by molar-refractivity contribution is 5.90. The molecule has 18 heavy (non-hydrogen) atoms. The average Bonchev–Trinajstić information content (AvgIpc) is 2.94. The molecule has 2 rings (SSSR count). The fraction of sp³-hybridized carbons (Fsp3) is 0.667. The number of rotatable bonds is 3. The molecule has 0 radical (unpaired) electrons. The van der Waals surface area contributed by atoms with Crippen LogP contribution >= 0.6 is 0 Å². The van der Waals surface area contributed by atoms with Crippen LogP contribution in [0.2, 0.25) is 0 Å². The zero-order valence-corrected chi connectivity index (χ0v) is 9.25. The van der Waals surface area contributed by atoms with Gasteiger partial charge in [0.05, 0.1) is 6.04 Å². The fourth-order valence-electron chi connectivity index (χ4n) is 1.62. The van der Waals surface area contributed by atoms with E-state index in [9.17, 15) is 18.0 Å². The van der Waals surface area contributed by atoms with Gasteiger partial charge in [0.2, 0.25) is 5.89 Å². The van der Waals surface area contributed by atoms with Crippen LogP contribution in [0.15, 0.2) is 4.52 Å². The normalized spacial score (nSPS) is 20.1. The molecule has 0 aromatic carbocycles. The van der Waals surface area contributed by atoms with Crippen molar-refractivity contribution in [1.82, 2.24) is 20.8 Å². The molecule has 6 nitrogen and oxygen atoms in total. The highest BCUT2D eigenvalue weighted by Crippen LogP contribution is 2.21. The maximum absolute atomic E-state index is 11.9. The van der Waals surface area contributed by atoms with Gasteiger partial charge in [-0.3, -0.25) is 4.79 Å². The summed E-state index contributed by atoms with van der Waals surface area (Å²) in [6.45, 7) is -0.611. The van der Waals surface area contributed by atoms with Gasteiger partial charge in [0.1, 0.15) is 6.54 Å². The summed E-state index contributed by atoms with van der Waals surface area (Å²) in [5.74, 6) is -1.16. The van der Waals surface area contributed by atoms with Gasteiger partial charge >= 0.3 is 6.18 Å². The summed E-state index contributed by atoms with van der Waals surface area (Å²) in [5.41, 5.74) is 0. The molecule has 1 atom stereocenters. The number of halogens is 3. The fourth-order valence-corrected chi connectivity index (χ4v) is 1.62. The van der Waals surface area contributed by atoms with Crippen LogP contribution in [-0.4, -0.2) is 35.3 Å². The molecule has 2 N–H and O–H groups in total. The molecule has 1 aliphatic heterocycles. The Morgan fingerprint density at radius 1 is 1.56 bits per heavy atom. The van der Waals surface area contributed by atoms with Crippen LogP contribution in [0.25, 0.3) is 0 Å². The Bertz CT molecular complexity index is 426. The SMILES string of the molecule is O=C(NCC(F)(F)F)c1noc(C2CCCN2)n1. The van der Waals surface area contributed by atoms with E-state index in [1.807, 2.05) is 0 Å². The van der Waals surface area contributed by atoms with Gasteiger partial charge in [0, 0.05) is 0 Å². The van der Waals surface area contributed by atoms with Gasteiger partial charge in [-0.25, -0.2) is 0 Å². The van der Waals surface area contributed by atoms with Gasteiger partial charge in [0.15, 0.2) is 0 Å². The lowest BCUT2D eigenvalue weighted by Gasteiger charge is -2.05. The van der Waals surface area contributed by atoms with E-state index < -0.39 is 18.6 Å². The van der Waals surface area contributed by atoms with Gasteiger partial charge in [-0.05, 0) is 19.4 Å². The Kier molecular flexibility index (Phi) is 3.50. The molecule has 1 aliphatic rings. The quantitative estimate of drug-likeness (QED) is 0.843. The van der Waals surface area contributed by atoms with Crippen molar-refractivity contribution in [3.63, 3.8) is 0 Å². The predicted molar refractivity (Wildman–Crippen MR) is 52.7 cm³/mol. The van der Waals surface area contributed by atoms with Crippen LogP contribution in [0.3, 0.4) is 0 Å². The first-order chi connectivity index (χ1) is 8.46. The van der Waals surface area contributed by atoms with Crippen molar-refractivity contribution in [2.75, 3.05) is 13.1 Å². The van der Waals surface area contributed by atoms with E-state index in [-0.39, 0.29) is 17.8 Å². The zero-order chi connectivity index (χ0) is 13.2. The molecule has 0 bridgehead atoms. The van der Waals surface area contributed by atoms with Gasteiger partial charge in [-0.1, -0.05) is 5.16 Å². The summed E-state index contributed by atoms with van der Waals surface area (Å²) in [4.78, 5) is 15.1. The first-order valence-corrected chi connectivity index (χ1v) is 5.37. The summed E-state index contributed by atoms with van der Waals surface area (Å²) >= 11 is 0. The minimum absolute atomic E-state index is 0.123. The van der Waals surface area contributed by atoms with E-state index in [1.54, 1.807) is 5.32 Å². The summed E-state index contributed by atoms with van der Waals surface area (Å²) < 4.78 is 40.5. The maximum Gasteiger partial charge on any atom is 0.405 e. The minimum atomic E-state index is -4.46. The molecule has 100 valence electrons. The molecular weight excluding hydrogens is 253 g/mol. The summed E-state index contributed by atoms with van der Waals surface area (Å²) in [5, 5.41) is 8.10. The lowest BCUT2D eigenvalue weighted by molar-refractivity contribution is -0.123. The monoisotopic (exact) mass is 264 g/mol. The third-order valence-corrected chi connectivity index (χ3v) is 2.45. The van der Waals surface area contributed by atoms with Crippen molar-refractivity contribution in [2.24, 2.45) is 0 Å². The molecule has 9 heteroatoms. The molecule has 1 aromatic rings. The standard InChI is InChI=1S/C9H11F3N4O2/c10-9(11,12)4-14-7(17)6-15-8(18-16-6)5-2-1-3-13-5/h5,13H,1-4H2,(H,14,17). The highest BCUT2D eigenvalue weighted by Gasteiger charge is 2.29. The molecule has 1 unspecified atom stereocenters. The van der Waals surface area contributed by atoms with Crippen LogP contribution in [-0.2, 0) is 0 Å². The highest BCUT2D eigenvalue weighted by atomic mass is 19.4. The number of hydrogen-bond acceptors (Lipinski definition) is 5. The second-order valence-electron chi connectivity index (χ2n) is 3.90. The van der Waals surface area contributed by atoms with Crippen LogP contribution in [0.1, 0.15) is 35.4 Å². The predicted octanol–water partition coefficient (Wildman–Crippen LogP) is 0.786. The number of nitrogens with one attached hydrogen (secondary N) is 2. The first-order valence-electron chi connectivity index (χ1n) is 5.37. The third-order valence-electron chi connectivity index (χ3n) is 2.45. The van der Waals surface area contributed by atoms with Crippen molar-refractivity contribution in [1.29, 1.82) is 0 Å². The lowest BCUT2D eigenvalue weighted by atomic mass is 10.2. The second kappa shape index (κ2) is 4.92. The van der Waals surface area contributed by atoms with Crippen LogP contribution in [0, 0.1) is 0 Å². The van der Waals surface area contributed by atoms with Crippen molar-refractivity contribution in [3.05, 3.63) is 11.7 Å². The Hall–Kier alpha value is -1.64. The van der Waals surface area contributed by atoms with Gasteiger partial charge in [0.25, 0.3) is 11.7 Å². The van der Waals surface area contributed by atoms with Gasteiger partial charge in [-0.2, -0.15) is 18.2 Å². The largest absolute Gasteiger partial charge is 0.405 e. The summed E-state index contributed by atoms with van der Waals surface area (Å²) in [6.07, 6.45) is -2.72. The lowest BCUT2D eigenvalue weighted by Crippen LogP contribution is -2.34. The molecule has 1 aromatic heterocycles. The Balaban J connectivity index is 1.94. The van der Waals surface area contributed by atoms with Crippen LogP contribution in [0.5, 0.6) is 0 Å². The number of hydrogen-bond donors (Lipinski definition) is 2. The van der Waals surface area contributed by atoms with E-state index in [4.69, 9.17) is 4.52 Å². The molecule has 0 saturated carbocycles. The van der Waals surface area contributed by atoms with Crippen LogP contribution < -0.4 is 10.6 Å². The van der Waals surface area contributed by atoms with Gasteiger partial charge < -0.3 is 15.2 Å². The second-order valence-corrected chi connectivity index (χ2v) is 3.90. The third kappa shape index (κ3) is 3.19. The van der Waals surface area contributed by atoms with E-state index in [2.05, 4.69) is 15.5 Å². The van der Waals surface area contributed by atoms with E-state index in [0.717, 1.165) is 19.4 Å². The van der Waals surface area contributed by atoms with Crippen molar-refractivity contribution in [2.45, 2.75) is 25.1 Å². The molecule has 2 heterocycles.